The maximum atomic E-state index is 12.2. The van der Waals surface area contributed by atoms with E-state index < -0.39 is 5.97 Å². The summed E-state index contributed by atoms with van der Waals surface area (Å²) in [6, 6.07) is 0. The first-order valence-electron chi connectivity index (χ1n) is 8.14. The lowest BCUT2D eigenvalue weighted by Crippen LogP contribution is -2.38. The highest BCUT2D eigenvalue weighted by atomic mass is 16.4. The van der Waals surface area contributed by atoms with Gasteiger partial charge in [-0.1, -0.05) is 12.8 Å². The highest BCUT2D eigenvalue weighted by Crippen LogP contribution is 2.48. The zero-order chi connectivity index (χ0) is 14.1. The Morgan fingerprint density at radius 3 is 2.45 bits per heavy atom. The van der Waals surface area contributed by atoms with E-state index in [0.717, 1.165) is 37.6 Å². The average molecular weight is 279 g/mol. The van der Waals surface area contributed by atoms with Gasteiger partial charge in [-0.2, -0.15) is 0 Å². The molecule has 0 aromatic heterocycles. The lowest BCUT2D eigenvalue weighted by Gasteiger charge is -2.27. The molecule has 112 valence electrons. The number of aliphatic carboxylic acids is 1. The van der Waals surface area contributed by atoms with Gasteiger partial charge in [-0.05, 0) is 56.3 Å². The summed E-state index contributed by atoms with van der Waals surface area (Å²) in [5.74, 6) is 1.38. The van der Waals surface area contributed by atoms with Gasteiger partial charge < -0.3 is 10.4 Å². The van der Waals surface area contributed by atoms with Gasteiger partial charge in [0.05, 0.1) is 5.92 Å². The molecule has 0 aliphatic heterocycles. The molecule has 2 bridgehead atoms. The third-order valence-electron chi connectivity index (χ3n) is 5.82. The predicted octanol–water partition coefficient (Wildman–Crippen LogP) is 2.43. The van der Waals surface area contributed by atoms with Crippen LogP contribution in [0.4, 0.5) is 0 Å². The van der Waals surface area contributed by atoms with Crippen molar-refractivity contribution in [1.29, 1.82) is 0 Å². The fourth-order valence-corrected chi connectivity index (χ4v) is 4.65. The van der Waals surface area contributed by atoms with Crippen LogP contribution in [-0.2, 0) is 9.59 Å². The molecule has 0 radical (unpaired) electrons. The molecular weight excluding hydrogens is 254 g/mol. The number of hydrogen-bond acceptors (Lipinski definition) is 2. The molecule has 5 unspecified atom stereocenters. The molecule has 0 aromatic rings. The molecule has 1 amide bonds. The first kappa shape index (κ1) is 13.9. The minimum atomic E-state index is -0.740. The molecule has 0 spiro atoms. The summed E-state index contributed by atoms with van der Waals surface area (Å²) in [6.07, 6.45) is 8.35. The van der Waals surface area contributed by atoms with Gasteiger partial charge in [-0.25, -0.2) is 0 Å². The molecule has 2 N–H and O–H groups in total. The Labute approximate surface area is 120 Å². The summed E-state index contributed by atoms with van der Waals surface area (Å²) < 4.78 is 0. The quantitative estimate of drug-likeness (QED) is 0.830. The first-order chi connectivity index (χ1) is 9.63. The zero-order valence-electron chi connectivity index (χ0n) is 12.0. The molecule has 0 aromatic carbocycles. The van der Waals surface area contributed by atoms with Crippen molar-refractivity contribution in [3.63, 3.8) is 0 Å². The van der Waals surface area contributed by atoms with Crippen molar-refractivity contribution < 1.29 is 14.7 Å². The number of rotatable bonds is 4. The molecule has 4 heteroatoms. The van der Waals surface area contributed by atoms with Crippen LogP contribution in [0.2, 0.25) is 0 Å². The second-order valence-electron chi connectivity index (χ2n) is 7.08. The maximum absolute atomic E-state index is 12.2. The van der Waals surface area contributed by atoms with Gasteiger partial charge in [0, 0.05) is 12.5 Å². The van der Waals surface area contributed by atoms with Crippen LogP contribution in [-0.4, -0.2) is 23.5 Å². The second-order valence-corrected chi connectivity index (χ2v) is 7.08. The molecule has 3 saturated carbocycles. The van der Waals surface area contributed by atoms with Gasteiger partial charge in [-0.3, -0.25) is 9.59 Å². The van der Waals surface area contributed by atoms with Crippen LogP contribution in [0.5, 0.6) is 0 Å². The summed E-state index contributed by atoms with van der Waals surface area (Å²) in [6.45, 7) is 0.814. The summed E-state index contributed by atoms with van der Waals surface area (Å²) in [5, 5.41) is 12.2. The Kier molecular flexibility index (Phi) is 3.99. The van der Waals surface area contributed by atoms with Gasteiger partial charge in [0.15, 0.2) is 0 Å². The van der Waals surface area contributed by atoms with E-state index in [2.05, 4.69) is 5.32 Å². The van der Waals surface area contributed by atoms with Crippen LogP contribution in [0.15, 0.2) is 0 Å². The van der Waals surface area contributed by atoms with Crippen LogP contribution in [0, 0.1) is 29.6 Å². The van der Waals surface area contributed by atoms with E-state index in [1.165, 1.54) is 25.7 Å². The number of amides is 1. The van der Waals surface area contributed by atoms with E-state index >= 15 is 0 Å². The van der Waals surface area contributed by atoms with Gasteiger partial charge in [-0.15, -0.1) is 0 Å². The van der Waals surface area contributed by atoms with E-state index in [1.54, 1.807) is 0 Å². The number of carbonyl (C=O) groups excluding carboxylic acids is 1. The minimum absolute atomic E-state index is 0.0801. The summed E-state index contributed by atoms with van der Waals surface area (Å²) >= 11 is 0. The lowest BCUT2D eigenvalue weighted by molar-refractivity contribution is -0.144. The number of carboxylic acid groups (broad SMARTS) is 1. The fourth-order valence-electron chi connectivity index (χ4n) is 4.65. The standard InChI is InChI=1S/C16H25NO3/c18-15(12-2-1-3-13(8-12)16(19)20)17-9-14-7-10-4-5-11(14)6-10/h10-14H,1-9H2,(H,17,18)(H,19,20). The Bertz CT molecular complexity index is 395. The van der Waals surface area contributed by atoms with Gasteiger partial charge in [0.2, 0.25) is 5.91 Å². The Hall–Kier alpha value is -1.06. The maximum Gasteiger partial charge on any atom is 0.306 e. The van der Waals surface area contributed by atoms with E-state index in [-0.39, 0.29) is 17.7 Å². The lowest BCUT2D eigenvalue weighted by atomic mass is 9.81. The van der Waals surface area contributed by atoms with Crippen molar-refractivity contribution in [2.45, 2.75) is 51.4 Å². The van der Waals surface area contributed by atoms with Crippen molar-refractivity contribution in [2.24, 2.45) is 29.6 Å². The van der Waals surface area contributed by atoms with Gasteiger partial charge >= 0.3 is 5.97 Å². The predicted molar refractivity (Wildman–Crippen MR) is 75.0 cm³/mol. The molecule has 5 atom stereocenters. The van der Waals surface area contributed by atoms with Crippen molar-refractivity contribution >= 4 is 11.9 Å². The Morgan fingerprint density at radius 2 is 1.80 bits per heavy atom. The largest absolute Gasteiger partial charge is 0.481 e. The molecule has 3 aliphatic rings. The first-order valence-corrected chi connectivity index (χ1v) is 8.14. The van der Waals surface area contributed by atoms with E-state index in [4.69, 9.17) is 5.11 Å². The zero-order valence-corrected chi connectivity index (χ0v) is 12.0. The van der Waals surface area contributed by atoms with E-state index in [1.807, 2.05) is 0 Å². The average Bonchev–Trinajstić information content (AvgIpc) is 3.07. The van der Waals surface area contributed by atoms with E-state index in [9.17, 15) is 9.59 Å². The summed E-state index contributed by atoms with van der Waals surface area (Å²) in [7, 11) is 0. The Balaban J connectivity index is 1.45. The molecule has 0 heterocycles. The number of nitrogens with one attached hydrogen (secondary N) is 1. The summed E-state index contributed by atoms with van der Waals surface area (Å²) in [4.78, 5) is 23.3. The number of carbonyl (C=O) groups is 2. The van der Waals surface area contributed by atoms with Crippen molar-refractivity contribution in [3.8, 4) is 0 Å². The van der Waals surface area contributed by atoms with Crippen molar-refractivity contribution in [3.05, 3.63) is 0 Å². The fraction of sp³-hybridized carbons (Fsp3) is 0.875. The summed E-state index contributed by atoms with van der Waals surface area (Å²) in [5.41, 5.74) is 0. The van der Waals surface area contributed by atoms with Crippen LogP contribution in [0.25, 0.3) is 0 Å². The van der Waals surface area contributed by atoms with Crippen molar-refractivity contribution in [2.75, 3.05) is 6.54 Å². The minimum Gasteiger partial charge on any atom is -0.481 e. The van der Waals surface area contributed by atoms with E-state index in [0.29, 0.717) is 12.3 Å². The highest BCUT2D eigenvalue weighted by Gasteiger charge is 2.39. The van der Waals surface area contributed by atoms with Crippen LogP contribution < -0.4 is 5.32 Å². The number of carboxylic acids is 1. The third kappa shape index (κ3) is 2.84. The number of fused-ring (bicyclic) bond motifs is 2. The third-order valence-corrected chi connectivity index (χ3v) is 5.82. The number of hydrogen-bond donors (Lipinski definition) is 2. The second kappa shape index (κ2) is 5.74. The molecule has 3 rings (SSSR count). The van der Waals surface area contributed by atoms with Crippen LogP contribution in [0.3, 0.4) is 0 Å². The van der Waals surface area contributed by atoms with Crippen molar-refractivity contribution in [1.82, 2.24) is 5.32 Å². The molecule has 4 nitrogen and oxygen atoms in total. The van der Waals surface area contributed by atoms with Crippen LogP contribution in [0.1, 0.15) is 51.4 Å². The normalized spacial score (nSPS) is 39.7. The van der Waals surface area contributed by atoms with Gasteiger partial charge in [0.1, 0.15) is 0 Å². The SMILES string of the molecule is O=C(O)C1CCCC(C(=O)NCC2CC3CCC2C3)C1. The molecular formula is C16H25NO3. The molecule has 0 saturated heterocycles. The smallest absolute Gasteiger partial charge is 0.306 e. The highest BCUT2D eigenvalue weighted by molar-refractivity contribution is 5.80. The molecule has 3 fully saturated rings. The Morgan fingerprint density at radius 1 is 1.00 bits per heavy atom. The molecule has 3 aliphatic carbocycles. The monoisotopic (exact) mass is 279 g/mol. The van der Waals surface area contributed by atoms with Gasteiger partial charge in [0.25, 0.3) is 0 Å². The molecule has 20 heavy (non-hydrogen) atoms. The van der Waals surface area contributed by atoms with Crippen LogP contribution >= 0.6 is 0 Å². The topological polar surface area (TPSA) is 66.4 Å².